The van der Waals surface area contributed by atoms with Crippen LogP contribution in [0.15, 0.2) is 36.1 Å². The molecule has 2 fully saturated rings. The summed E-state index contributed by atoms with van der Waals surface area (Å²) < 4.78 is 34.5. The lowest BCUT2D eigenvalue weighted by Gasteiger charge is -2.48. The number of non-ortho nitro benzene ring substituents is 1. The Balaban J connectivity index is 1.42. The van der Waals surface area contributed by atoms with E-state index in [4.69, 9.17) is 39.9 Å². The van der Waals surface area contributed by atoms with Crippen molar-refractivity contribution in [2.45, 2.75) is 120 Å². The number of amides is 2. The molecule has 0 bridgehead atoms. The summed E-state index contributed by atoms with van der Waals surface area (Å²) in [6.07, 6.45) is -7.15. The fourth-order valence-electron chi connectivity index (χ4n) is 6.06. The van der Waals surface area contributed by atoms with Gasteiger partial charge < -0.3 is 71.2 Å². The maximum absolute atomic E-state index is 12.7. The van der Waals surface area contributed by atoms with Crippen molar-refractivity contribution in [2.75, 3.05) is 20.2 Å². The highest BCUT2D eigenvalue weighted by Crippen LogP contribution is 2.31. The van der Waals surface area contributed by atoms with Gasteiger partial charge in [-0.25, -0.2) is 9.59 Å². The number of nitrogens with zero attached hydrogens (tertiary/aromatic N) is 1. The van der Waals surface area contributed by atoms with Gasteiger partial charge in [0.15, 0.2) is 6.29 Å². The molecule has 2 amide bonds. The van der Waals surface area contributed by atoms with E-state index in [-0.39, 0.29) is 44.0 Å². The molecule has 1 saturated heterocycles. The van der Waals surface area contributed by atoms with Crippen LogP contribution in [-0.4, -0.2) is 125 Å². The molecule has 19 nitrogen and oxygen atoms in total. The molecule has 1 aromatic carbocycles. The summed E-state index contributed by atoms with van der Waals surface area (Å²) in [7, 11) is 1.57. The molecule has 1 aliphatic carbocycles. The third kappa shape index (κ3) is 10.7. The Morgan fingerprint density at radius 3 is 2.27 bits per heavy atom. The van der Waals surface area contributed by atoms with E-state index in [1.54, 1.807) is 33.9 Å². The summed E-state index contributed by atoms with van der Waals surface area (Å²) in [5.41, 5.74) is 11.0. The Kier molecular flexibility index (Phi) is 13.2. The Morgan fingerprint density at radius 2 is 1.69 bits per heavy atom. The molecule has 0 aromatic heterocycles. The Labute approximate surface area is 295 Å². The second-order valence-electron chi connectivity index (χ2n) is 14.0. The van der Waals surface area contributed by atoms with Gasteiger partial charge in [-0.1, -0.05) is 0 Å². The highest BCUT2D eigenvalue weighted by atomic mass is 16.7. The number of nitro benzene ring substituents is 1. The monoisotopic (exact) mass is 726 g/mol. The summed E-state index contributed by atoms with van der Waals surface area (Å²) in [6.45, 7) is 6.17. The van der Waals surface area contributed by atoms with Crippen LogP contribution in [-0.2, 0) is 35.0 Å². The van der Waals surface area contributed by atoms with Gasteiger partial charge in [0.1, 0.15) is 48.0 Å². The SMILES string of the molecule is CN[C@@H]1[C@@H](O)[C@@H](O[C@@H]2[C@@H](O)[C@H](O[C@H]3OC(CNC(=O)OCc4ccc([N+](=O)[O-])cc4)=CC[C@H]3NC(=O)OC(C)(C)C)[C@@H](N)C[C@H]2N)OC[C@]1(C)O. The maximum Gasteiger partial charge on any atom is 0.408 e. The molecule has 19 heteroatoms. The lowest BCUT2D eigenvalue weighted by atomic mass is 9.84. The first kappa shape index (κ1) is 40.1. The van der Waals surface area contributed by atoms with Crippen molar-refractivity contribution in [3.8, 4) is 0 Å². The maximum atomic E-state index is 12.7. The molecule has 0 spiro atoms. The van der Waals surface area contributed by atoms with Gasteiger partial charge in [0.05, 0.1) is 30.2 Å². The predicted octanol–water partition coefficient (Wildman–Crippen LogP) is -0.410. The van der Waals surface area contributed by atoms with Gasteiger partial charge in [0.25, 0.3) is 5.69 Å². The second kappa shape index (κ2) is 16.8. The first-order valence-corrected chi connectivity index (χ1v) is 16.6. The van der Waals surface area contributed by atoms with Crippen LogP contribution in [0.3, 0.4) is 0 Å². The summed E-state index contributed by atoms with van der Waals surface area (Å²) in [4.78, 5) is 35.5. The van der Waals surface area contributed by atoms with Gasteiger partial charge in [0.2, 0.25) is 6.29 Å². The van der Waals surface area contributed by atoms with Crippen molar-refractivity contribution in [3.63, 3.8) is 0 Å². The van der Waals surface area contributed by atoms with Crippen LogP contribution < -0.4 is 27.4 Å². The normalized spacial score (nSPS) is 34.0. The number of nitrogens with one attached hydrogen (secondary N) is 3. The Morgan fingerprint density at radius 1 is 1.06 bits per heavy atom. The van der Waals surface area contributed by atoms with E-state index in [2.05, 4.69) is 16.0 Å². The van der Waals surface area contributed by atoms with Crippen LogP contribution in [0.25, 0.3) is 0 Å². The molecule has 11 atom stereocenters. The van der Waals surface area contributed by atoms with E-state index in [1.807, 2.05) is 0 Å². The Hall–Kier alpha value is -3.66. The highest BCUT2D eigenvalue weighted by Gasteiger charge is 2.51. The summed E-state index contributed by atoms with van der Waals surface area (Å²) in [5.74, 6) is 0.252. The number of carbonyl (C=O) groups excluding carboxylic acids is 2. The molecule has 3 aliphatic rings. The number of nitrogens with two attached hydrogens (primary N) is 2. The standard InChI is InChI=1S/C32H50N6O13/c1-31(2,3)51-30(42)37-21-11-10-18(13-36-29(41)46-14-16-6-8-17(9-7-16)38(44)45)48-27(21)49-24-19(33)12-20(34)25(22(24)39)50-28-23(40)26(35-5)32(4,43)15-47-28/h6-10,19-28,35,39-40,43H,11-15,33-34H2,1-5H3,(H,36,41)(H,37,42)/t19-,20+,21+,22-,23+,24+,25-,26+,27+,28+,32-/m0/s1. The minimum atomic E-state index is -1.46. The van der Waals surface area contributed by atoms with Crippen LogP contribution in [0.1, 0.15) is 46.1 Å². The molecule has 0 radical (unpaired) electrons. The van der Waals surface area contributed by atoms with E-state index in [9.17, 15) is 35.0 Å². The molecular formula is C32H50N6O13. The minimum Gasteiger partial charge on any atom is -0.465 e. The molecule has 286 valence electrons. The van der Waals surface area contributed by atoms with E-state index < -0.39 is 89.5 Å². The van der Waals surface area contributed by atoms with Gasteiger partial charge in [-0.15, -0.1) is 0 Å². The number of aliphatic hydroxyl groups excluding tert-OH is 2. The zero-order valence-electron chi connectivity index (χ0n) is 29.2. The van der Waals surface area contributed by atoms with E-state index in [0.29, 0.717) is 5.56 Å². The summed E-state index contributed by atoms with van der Waals surface area (Å²) in [6, 6.07) is 2.30. The second-order valence-corrected chi connectivity index (χ2v) is 14.0. The first-order valence-electron chi connectivity index (χ1n) is 16.6. The van der Waals surface area contributed by atoms with E-state index in [0.717, 1.165) is 0 Å². The number of carbonyl (C=O) groups is 2. The average molecular weight is 727 g/mol. The lowest BCUT2D eigenvalue weighted by molar-refractivity contribution is -0.384. The van der Waals surface area contributed by atoms with Crippen LogP contribution in [0, 0.1) is 10.1 Å². The molecule has 2 heterocycles. The third-order valence-corrected chi connectivity index (χ3v) is 8.61. The molecule has 4 rings (SSSR count). The molecule has 2 aliphatic heterocycles. The number of aliphatic hydroxyl groups is 3. The zero-order valence-corrected chi connectivity index (χ0v) is 29.2. The number of ether oxygens (including phenoxy) is 6. The van der Waals surface area contributed by atoms with Crippen LogP contribution in [0.2, 0.25) is 0 Å². The predicted molar refractivity (Wildman–Crippen MR) is 178 cm³/mol. The number of alkyl carbamates (subject to hydrolysis) is 2. The van der Waals surface area contributed by atoms with Gasteiger partial charge in [-0.3, -0.25) is 10.1 Å². The van der Waals surface area contributed by atoms with Crippen molar-refractivity contribution < 1.29 is 58.3 Å². The minimum absolute atomic E-state index is 0.0942. The summed E-state index contributed by atoms with van der Waals surface area (Å²) >= 11 is 0. The van der Waals surface area contributed by atoms with Gasteiger partial charge in [-0.2, -0.15) is 0 Å². The largest absolute Gasteiger partial charge is 0.465 e. The fraction of sp³-hybridized carbons (Fsp3) is 0.688. The number of rotatable bonds is 11. The van der Waals surface area contributed by atoms with Crippen LogP contribution >= 0.6 is 0 Å². The smallest absolute Gasteiger partial charge is 0.408 e. The first-order chi connectivity index (χ1) is 23.9. The molecule has 1 aromatic rings. The van der Waals surface area contributed by atoms with Crippen molar-refractivity contribution in [3.05, 3.63) is 51.8 Å². The van der Waals surface area contributed by atoms with Crippen molar-refractivity contribution in [1.29, 1.82) is 0 Å². The lowest BCUT2D eigenvalue weighted by Crippen LogP contribution is -2.68. The van der Waals surface area contributed by atoms with Crippen molar-refractivity contribution in [1.82, 2.24) is 16.0 Å². The third-order valence-electron chi connectivity index (χ3n) is 8.61. The van der Waals surface area contributed by atoms with E-state index in [1.165, 1.54) is 31.2 Å². The number of nitro groups is 1. The highest BCUT2D eigenvalue weighted by molar-refractivity contribution is 5.68. The number of hydrogen-bond acceptors (Lipinski definition) is 16. The zero-order chi connectivity index (χ0) is 37.7. The molecule has 0 unspecified atom stereocenters. The molecule has 10 N–H and O–H groups in total. The van der Waals surface area contributed by atoms with Gasteiger partial charge >= 0.3 is 12.2 Å². The molecule has 1 saturated carbocycles. The number of hydrogen-bond donors (Lipinski definition) is 8. The van der Waals surface area contributed by atoms with Gasteiger partial charge in [-0.05, 0) is 71.4 Å². The van der Waals surface area contributed by atoms with E-state index >= 15 is 0 Å². The Bertz CT molecular complexity index is 1390. The molecular weight excluding hydrogens is 676 g/mol. The van der Waals surface area contributed by atoms with Gasteiger partial charge in [0, 0.05) is 24.2 Å². The summed E-state index contributed by atoms with van der Waals surface area (Å²) in [5, 5.41) is 52.0. The number of likely N-dealkylation sites (N-methyl/N-ethyl adjacent to an activating group) is 1. The molecule has 51 heavy (non-hydrogen) atoms. The number of benzene rings is 1. The average Bonchev–Trinajstić information content (AvgIpc) is 3.04. The van der Waals surface area contributed by atoms with Crippen LogP contribution in [0.4, 0.5) is 15.3 Å². The van der Waals surface area contributed by atoms with Crippen molar-refractivity contribution >= 4 is 17.9 Å². The quantitative estimate of drug-likeness (QED) is 0.106. The van der Waals surface area contributed by atoms with Crippen LogP contribution in [0.5, 0.6) is 0 Å². The fourth-order valence-corrected chi connectivity index (χ4v) is 6.06. The topological polar surface area (TPSA) is 281 Å². The van der Waals surface area contributed by atoms with Crippen molar-refractivity contribution in [2.24, 2.45) is 11.5 Å².